The average Bonchev–Trinajstić information content (AvgIpc) is 2.65. The van der Waals surface area contributed by atoms with E-state index in [-0.39, 0.29) is 12.0 Å². The van der Waals surface area contributed by atoms with Crippen LogP contribution < -0.4 is 5.73 Å². The van der Waals surface area contributed by atoms with Crippen LogP contribution in [0.4, 0.5) is 17.1 Å². The molecule has 0 fully saturated rings. The number of anilines is 1. The van der Waals surface area contributed by atoms with Gasteiger partial charge < -0.3 is 24.8 Å². The Morgan fingerprint density at radius 3 is 2.37 bits per heavy atom. The zero-order valence-corrected chi connectivity index (χ0v) is 16.4. The molecule has 0 radical (unpaired) electrons. The van der Waals surface area contributed by atoms with Crippen LogP contribution in [-0.2, 0) is 15.9 Å². The zero-order chi connectivity index (χ0) is 19.9. The molecule has 2 aromatic carbocycles. The Morgan fingerprint density at radius 2 is 1.70 bits per heavy atom. The number of methoxy groups -OCH3 is 2. The van der Waals surface area contributed by atoms with E-state index in [2.05, 4.69) is 24.3 Å². The third-order valence-corrected chi connectivity index (χ3v) is 4.42. The third kappa shape index (κ3) is 6.32. The molecule has 0 saturated heterocycles. The van der Waals surface area contributed by atoms with E-state index in [0.29, 0.717) is 17.1 Å². The van der Waals surface area contributed by atoms with Gasteiger partial charge in [0.2, 0.25) is 6.29 Å². The predicted molar refractivity (Wildman–Crippen MR) is 106 cm³/mol. The molecule has 0 unspecified atom stereocenters. The number of phenols is 1. The van der Waals surface area contributed by atoms with E-state index in [4.69, 9.17) is 15.2 Å². The van der Waals surface area contributed by atoms with E-state index < -0.39 is 0 Å². The second-order valence-corrected chi connectivity index (χ2v) is 7.07. The Labute approximate surface area is 160 Å². The minimum atomic E-state index is -0.236. The lowest BCUT2D eigenvalue weighted by Gasteiger charge is -2.32. The highest BCUT2D eigenvalue weighted by Crippen LogP contribution is 2.30. The summed E-state index contributed by atoms with van der Waals surface area (Å²) in [5.74, 6) is 0.0876. The van der Waals surface area contributed by atoms with Crippen LogP contribution in [0.1, 0.15) is 5.56 Å². The molecule has 0 aliphatic rings. The van der Waals surface area contributed by atoms with Crippen LogP contribution in [0.5, 0.6) is 5.75 Å². The van der Waals surface area contributed by atoms with Gasteiger partial charge in [-0.1, -0.05) is 18.2 Å². The lowest BCUT2D eigenvalue weighted by atomic mass is 10.1. The molecular weight excluding hydrogens is 344 g/mol. The normalized spacial score (nSPS) is 12.2. The summed E-state index contributed by atoms with van der Waals surface area (Å²) >= 11 is 0. The van der Waals surface area contributed by atoms with E-state index in [9.17, 15) is 5.11 Å². The van der Waals surface area contributed by atoms with Crippen molar-refractivity contribution in [1.29, 1.82) is 0 Å². The van der Waals surface area contributed by atoms with E-state index in [1.54, 1.807) is 32.4 Å². The molecule has 0 aliphatic heterocycles. The van der Waals surface area contributed by atoms with E-state index in [1.807, 2.05) is 24.3 Å². The molecule has 3 N–H and O–H groups in total. The number of rotatable bonds is 9. The number of quaternary nitrogens is 1. The van der Waals surface area contributed by atoms with E-state index >= 15 is 0 Å². The van der Waals surface area contributed by atoms with E-state index in [1.165, 1.54) is 0 Å². The Kier molecular flexibility index (Phi) is 7.29. The third-order valence-electron chi connectivity index (χ3n) is 4.42. The summed E-state index contributed by atoms with van der Waals surface area (Å²) in [4.78, 5) is 0. The first kappa shape index (κ1) is 20.8. The average molecular weight is 373 g/mol. The lowest BCUT2D eigenvalue weighted by Crippen LogP contribution is -2.47. The van der Waals surface area contributed by atoms with Crippen LogP contribution in [-0.4, -0.2) is 57.3 Å². The quantitative estimate of drug-likeness (QED) is 0.304. The molecule has 27 heavy (non-hydrogen) atoms. The number of nitrogen functional groups attached to an aromatic ring is 1. The monoisotopic (exact) mass is 373 g/mol. The van der Waals surface area contributed by atoms with Gasteiger partial charge in [-0.15, -0.1) is 10.2 Å². The summed E-state index contributed by atoms with van der Waals surface area (Å²) in [6.45, 7) is 1.63. The maximum atomic E-state index is 10.1. The van der Waals surface area contributed by atoms with Crippen LogP contribution in [0, 0.1) is 0 Å². The SMILES string of the molecule is COC(C[N+](C)(C)CCc1ccc(O)c(N=Nc2ccccc2N)c1)OC. The van der Waals surface area contributed by atoms with Gasteiger partial charge >= 0.3 is 0 Å². The second-order valence-electron chi connectivity index (χ2n) is 7.07. The van der Waals surface area contributed by atoms with Crippen molar-refractivity contribution in [1.82, 2.24) is 0 Å². The molecule has 0 aromatic heterocycles. The number of azo groups is 1. The largest absolute Gasteiger partial charge is 0.506 e. The summed E-state index contributed by atoms with van der Waals surface area (Å²) in [5, 5.41) is 18.4. The van der Waals surface area contributed by atoms with Crippen molar-refractivity contribution in [3.63, 3.8) is 0 Å². The Hall–Kier alpha value is -2.48. The molecule has 7 nitrogen and oxygen atoms in total. The maximum absolute atomic E-state index is 10.1. The molecule has 2 rings (SSSR count). The standard InChI is InChI=1S/C20H28N4O3/c1-24(2,14-20(26-3)27-4)12-11-15-9-10-19(25)18(13-15)23-22-17-8-6-5-7-16(17)21/h5-10,13,20H,11-12,14H2,1-4H3,(H2-,21,22,23,25)/p+1. The Balaban J connectivity index is 2.07. The number of aromatic hydroxyl groups is 1. The van der Waals surface area contributed by atoms with Gasteiger partial charge in [-0.05, 0) is 29.8 Å². The molecule has 2 aromatic rings. The summed E-state index contributed by atoms with van der Waals surface area (Å²) in [5.41, 5.74) is 8.48. The molecule has 0 amide bonds. The van der Waals surface area contributed by atoms with Crippen molar-refractivity contribution in [2.75, 3.05) is 47.1 Å². The first-order valence-electron chi connectivity index (χ1n) is 8.80. The zero-order valence-electron chi connectivity index (χ0n) is 16.4. The first-order valence-corrected chi connectivity index (χ1v) is 8.80. The van der Waals surface area contributed by atoms with Gasteiger partial charge in [0, 0.05) is 20.6 Å². The van der Waals surface area contributed by atoms with Crippen LogP contribution in [0.25, 0.3) is 0 Å². The molecule has 146 valence electrons. The smallest absolute Gasteiger partial charge is 0.207 e. The van der Waals surface area contributed by atoms with Crippen LogP contribution in [0.3, 0.4) is 0 Å². The van der Waals surface area contributed by atoms with Crippen LogP contribution in [0.15, 0.2) is 52.7 Å². The number of ether oxygens (including phenoxy) is 2. The summed E-state index contributed by atoms with van der Waals surface area (Å²) in [7, 11) is 7.55. The summed E-state index contributed by atoms with van der Waals surface area (Å²) in [6.07, 6.45) is 0.587. The number of hydrogen-bond acceptors (Lipinski definition) is 6. The summed E-state index contributed by atoms with van der Waals surface area (Å²) < 4.78 is 11.3. The second kappa shape index (κ2) is 9.45. The van der Waals surface area contributed by atoms with Crippen molar-refractivity contribution in [2.24, 2.45) is 10.2 Å². The summed E-state index contributed by atoms with van der Waals surface area (Å²) in [6, 6.07) is 12.6. The number of hydrogen-bond donors (Lipinski definition) is 2. The minimum absolute atomic E-state index is 0.0876. The molecule has 0 atom stereocenters. The van der Waals surface area contributed by atoms with Gasteiger partial charge in [0.25, 0.3) is 0 Å². The molecular formula is C20H29N4O3+. The number of likely N-dealkylation sites (N-methyl/N-ethyl adjacent to an activating group) is 1. The van der Waals surface area contributed by atoms with Crippen LogP contribution in [0.2, 0.25) is 0 Å². The highest BCUT2D eigenvalue weighted by molar-refractivity contribution is 5.62. The number of benzene rings is 2. The molecule has 0 aliphatic carbocycles. The fraction of sp³-hybridized carbons (Fsp3) is 0.400. The number of nitrogens with zero attached hydrogens (tertiary/aromatic N) is 3. The number of nitrogens with two attached hydrogens (primary N) is 1. The van der Waals surface area contributed by atoms with Crippen molar-refractivity contribution in [3.8, 4) is 5.75 Å². The lowest BCUT2D eigenvalue weighted by molar-refractivity contribution is -0.895. The molecule has 0 bridgehead atoms. The van der Waals surface area contributed by atoms with Gasteiger partial charge in [-0.2, -0.15) is 0 Å². The number of phenolic OH excluding ortho intramolecular Hbond substituents is 1. The van der Waals surface area contributed by atoms with Crippen molar-refractivity contribution in [2.45, 2.75) is 12.7 Å². The van der Waals surface area contributed by atoms with Gasteiger partial charge in [0.15, 0.2) is 0 Å². The van der Waals surface area contributed by atoms with Crippen molar-refractivity contribution < 1.29 is 19.1 Å². The van der Waals surface area contributed by atoms with Gasteiger partial charge in [-0.3, -0.25) is 0 Å². The molecule has 0 spiro atoms. The molecule has 0 heterocycles. The highest BCUT2D eigenvalue weighted by Gasteiger charge is 2.21. The van der Waals surface area contributed by atoms with Crippen LogP contribution >= 0.6 is 0 Å². The number of para-hydroxylation sites is 1. The maximum Gasteiger partial charge on any atom is 0.207 e. The van der Waals surface area contributed by atoms with Gasteiger partial charge in [0.1, 0.15) is 23.7 Å². The predicted octanol–water partition coefficient (Wildman–Crippen LogP) is 3.63. The Bertz CT molecular complexity index is 774. The first-order chi connectivity index (χ1) is 12.8. The van der Waals surface area contributed by atoms with E-state index in [0.717, 1.165) is 29.6 Å². The molecule has 7 heteroatoms. The fourth-order valence-corrected chi connectivity index (χ4v) is 2.66. The van der Waals surface area contributed by atoms with Gasteiger partial charge in [-0.25, -0.2) is 0 Å². The molecule has 0 saturated carbocycles. The van der Waals surface area contributed by atoms with Crippen molar-refractivity contribution in [3.05, 3.63) is 48.0 Å². The minimum Gasteiger partial charge on any atom is -0.506 e. The highest BCUT2D eigenvalue weighted by atomic mass is 16.7. The van der Waals surface area contributed by atoms with Gasteiger partial charge in [0.05, 0.1) is 26.3 Å². The van der Waals surface area contributed by atoms with Crippen molar-refractivity contribution >= 4 is 17.1 Å². The Morgan fingerprint density at radius 1 is 1.04 bits per heavy atom. The fourth-order valence-electron chi connectivity index (χ4n) is 2.66. The topological polar surface area (TPSA) is 89.4 Å².